The van der Waals surface area contributed by atoms with Crippen LogP contribution < -0.4 is 5.32 Å². The Morgan fingerprint density at radius 3 is 2.61 bits per heavy atom. The summed E-state index contributed by atoms with van der Waals surface area (Å²) in [7, 11) is 0. The third kappa shape index (κ3) is 1.91. The van der Waals surface area contributed by atoms with Gasteiger partial charge < -0.3 is 10.1 Å². The molecule has 0 aromatic carbocycles. The van der Waals surface area contributed by atoms with Gasteiger partial charge in [0, 0.05) is 0 Å². The topological polar surface area (TPSA) is 34.1 Å². The van der Waals surface area contributed by atoms with Crippen molar-refractivity contribution in [3.63, 3.8) is 0 Å². The van der Waals surface area contributed by atoms with Gasteiger partial charge in [0.1, 0.15) is 10.6 Å². The number of hydrogen-bond donors (Lipinski definition) is 1. The van der Waals surface area contributed by atoms with Crippen LogP contribution in [0, 0.1) is 0 Å². The second-order valence-electron chi connectivity index (χ2n) is 6.36. The van der Waals surface area contributed by atoms with Gasteiger partial charge in [-0.15, -0.1) is 11.3 Å². The summed E-state index contributed by atoms with van der Waals surface area (Å²) in [6.07, 6.45) is 3.82. The Morgan fingerprint density at radius 2 is 2.00 bits per heavy atom. The van der Waals surface area contributed by atoms with Crippen LogP contribution in [0.3, 0.4) is 0 Å². The number of aromatic nitrogens is 1. The van der Waals surface area contributed by atoms with Gasteiger partial charge in [0.2, 0.25) is 0 Å². The quantitative estimate of drug-likeness (QED) is 0.845. The number of hydrogen-bond acceptors (Lipinski definition) is 4. The van der Waals surface area contributed by atoms with Crippen molar-refractivity contribution in [2.75, 3.05) is 6.54 Å². The van der Waals surface area contributed by atoms with E-state index in [1.165, 1.54) is 29.1 Å². The predicted molar refractivity (Wildman–Crippen MR) is 73.8 cm³/mol. The van der Waals surface area contributed by atoms with Gasteiger partial charge in [-0.25, -0.2) is 4.98 Å². The largest absolute Gasteiger partial charge is 0.358 e. The Bertz CT molecular complexity index is 427. The summed E-state index contributed by atoms with van der Waals surface area (Å²) in [4.78, 5) is 6.21. The number of rotatable bonds is 1. The number of piperidine rings is 1. The fourth-order valence-corrected chi connectivity index (χ4v) is 4.46. The van der Waals surface area contributed by atoms with Crippen molar-refractivity contribution in [3.8, 4) is 0 Å². The highest BCUT2D eigenvalue weighted by molar-refractivity contribution is 7.12. The van der Waals surface area contributed by atoms with E-state index in [4.69, 9.17) is 9.72 Å². The molecule has 1 aromatic heterocycles. The molecule has 1 atom stereocenters. The minimum Gasteiger partial charge on any atom is -0.358 e. The minimum atomic E-state index is -0.248. The Labute approximate surface area is 113 Å². The van der Waals surface area contributed by atoms with Crippen molar-refractivity contribution < 1.29 is 4.74 Å². The summed E-state index contributed by atoms with van der Waals surface area (Å²) in [6, 6.07) is 0.459. The van der Waals surface area contributed by atoms with Crippen LogP contribution in [0.1, 0.15) is 68.6 Å². The average molecular weight is 266 g/mol. The molecule has 3 heterocycles. The summed E-state index contributed by atoms with van der Waals surface area (Å²) in [5, 5.41) is 4.84. The molecule has 3 rings (SSSR count). The molecule has 18 heavy (non-hydrogen) atoms. The number of ether oxygens (including phenoxy) is 1. The van der Waals surface area contributed by atoms with Crippen LogP contribution in [0.4, 0.5) is 0 Å². The summed E-state index contributed by atoms with van der Waals surface area (Å²) in [6.45, 7) is 9.67. The van der Waals surface area contributed by atoms with Crippen molar-refractivity contribution in [2.24, 2.45) is 0 Å². The van der Waals surface area contributed by atoms with Gasteiger partial charge in [0.05, 0.1) is 22.2 Å². The smallest absolute Gasteiger partial charge is 0.110 e. The van der Waals surface area contributed by atoms with Crippen LogP contribution >= 0.6 is 11.3 Å². The van der Waals surface area contributed by atoms with Gasteiger partial charge >= 0.3 is 0 Å². The molecular weight excluding hydrogens is 244 g/mol. The third-order valence-corrected chi connectivity index (χ3v) is 5.35. The maximum atomic E-state index is 6.12. The lowest BCUT2D eigenvalue weighted by Crippen LogP contribution is -2.28. The molecule has 1 unspecified atom stereocenters. The molecule has 100 valence electrons. The lowest BCUT2D eigenvalue weighted by molar-refractivity contribution is -0.105. The van der Waals surface area contributed by atoms with Crippen LogP contribution in [-0.2, 0) is 15.9 Å². The fraction of sp³-hybridized carbons (Fsp3) is 0.786. The van der Waals surface area contributed by atoms with Gasteiger partial charge in [-0.2, -0.15) is 0 Å². The van der Waals surface area contributed by atoms with Crippen molar-refractivity contribution in [3.05, 3.63) is 15.6 Å². The predicted octanol–water partition coefficient (Wildman–Crippen LogP) is 3.46. The maximum Gasteiger partial charge on any atom is 0.110 e. The van der Waals surface area contributed by atoms with Gasteiger partial charge in [0.25, 0.3) is 0 Å². The highest BCUT2D eigenvalue weighted by atomic mass is 32.1. The second-order valence-corrected chi connectivity index (χ2v) is 7.39. The molecule has 2 aliphatic heterocycles. The maximum absolute atomic E-state index is 6.12. The Morgan fingerprint density at radius 1 is 1.22 bits per heavy atom. The number of fused-ring (bicyclic) bond motifs is 1. The molecule has 0 bridgehead atoms. The number of nitrogens with one attached hydrogen (secondary N) is 1. The molecule has 3 nitrogen and oxygen atoms in total. The first kappa shape index (κ1) is 12.6. The van der Waals surface area contributed by atoms with E-state index in [9.17, 15) is 0 Å². The minimum absolute atomic E-state index is 0.191. The molecule has 1 saturated heterocycles. The molecule has 0 aliphatic carbocycles. The lowest BCUT2D eigenvalue weighted by Gasteiger charge is -2.26. The van der Waals surface area contributed by atoms with Gasteiger partial charge in [-0.3, -0.25) is 0 Å². The van der Waals surface area contributed by atoms with Gasteiger partial charge in [0.15, 0.2) is 0 Å². The van der Waals surface area contributed by atoms with Crippen LogP contribution in [0.25, 0.3) is 0 Å². The fourth-order valence-electron chi connectivity index (χ4n) is 3.10. The van der Waals surface area contributed by atoms with Crippen LogP contribution in [0.15, 0.2) is 0 Å². The summed E-state index contributed by atoms with van der Waals surface area (Å²) in [5.74, 6) is 0. The average Bonchev–Trinajstić information content (AvgIpc) is 2.80. The third-order valence-electron chi connectivity index (χ3n) is 3.88. The number of nitrogens with zero attached hydrogens (tertiary/aromatic N) is 1. The highest BCUT2D eigenvalue weighted by Crippen LogP contribution is 2.49. The molecule has 4 heteroatoms. The molecule has 1 fully saturated rings. The van der Waals surface area contributed by atoms with Crippen LogP contribution in [0.2, 0.25) is 0 Å². The second kappa shape index (κ2) is 4.02. The summed E-state index contributed by atoms with van der Waals surface area (Å²) in [5.41, 5.74) is 0.714. The van der Waals surface area contributed by atoms with Gasteiger partial charge in [-0.05, 0) is 47.1 Å². The summed E-state index contributed by atoms with van der Waals surface area (Å²) < 4.78 is 6.12. The van der Waals surface area contributed by atoms with E-state index in [0.29, 0.717) is 6.04 Å². The lowest BCUT2D eigenvalue weighted by atomic mass is 10.0. The van der Waals surface area contributed by atoms with Crippen molar-refractivity contribution in [1.29, 1.82) is 0 Å². The molecule has 1 N–H and O–H groups in total. The van der Waals surface area contributed by atoms with E-state index < -0.39 is 0 Å². The van der Waals surface area contributed by atoms with E-state index >= 15 is 0 Å². The molecular formula is C14H22N2OS. The van der Waals surface area contributed by atoms with E-state index in [0.717, 1.165) is 12.2 Å². The Balaban J connectivity index is 1.97. The molecule has 2 aliphatic rings. The van der Waals surface area contributed by atoms with Crippen molar-refractivity contribution in [1.82, 2.24) is 10.3 Å². The van der Waals surface area contributed by atoms with E-state index in [1.54, 1.807) is 0 Å². The van der Waals surface area contributed by atoms with E-state index in [2.05, 4.69) is 33.0 Å². The Hall–Kier alpha value is -0.450. The first-order valence-corrected chi connectivity index (χ1v) is 7.67. The van der Waals surface area contributed by atoms with Crippen LogP contribution in [-0.4, -0.2) is 11.5 Å². The van der Waals surface area contributed by atoms with Crippen LogP contribution in [0.5, 0.6) is 0 Å². The van der Waals surface area contributed by atoms with Crippen molar-refractivity contribution in [2.45, 2.75) is 64.2 Å². The zero-order valence-electron chi connectivity index (χ0n) is 11.7. The standard InChI is InChI=1S/C14H22N2OS/c1-13(2)10-11(14(3,4)17-13)18-12(16-10)9-7-5-6-8-15-9/h9,15H,5-8H2,1-4H3. The van der Waals surface area contributed by atoms with E-state index in [1.807, 2.05) is 11.3 Å². The highest BCUT2D eigenvalue weighted by Gasteiger charge is 2.46. The van der Waals surface area contributed by atoms with Gasteiger partial charge in [-0.1, -0.05) is 6.42 Å². The molecule has 0 amide bonds. The zero-order chi connectivity index (χ0) is 13.0. The Kier molecular flexibility index (Phi) is 2.81. The molecule has 0 spiro atoms. The van der Waals surface area contributed by atoms with Crippen molar-refractivity contribution >= 4 is 11.3 Å². The zero-order valence-corrected chi connectivity index (χ0v) is 12.5. The normalized spacial score (nSPS) is 29.2. The molecule has 1 aromatic rings. The first-order chi connectivity index (χ1) is 8.40. The number of thiazole rings is 1. The SMILES string of the molecule is CC1(C)OC(C)(C)c2sc(C3CCCCN3)nc21. The molecule has 0 radical (unpaired) electrons. The van der Waals surface area contributed by atoms with E-state index in [-0.39, 0.29) is 11.2 Å². The first-order valence-electron chi connectivity index (χ1n) is 6.85. The monoisotopic (exact) mass is 266 g/mol. The summed E-state index contributed by atoms with van der Waals surface area (Å²) >= 11 is 1.84. The molecule has 0 saturated carbocycles.